The van der Waals surface area contributed by atoms with E-state index < -0.39 is 12.1 Å². The summed E-state index contributed by atoms with van der Waals surface area (Å²) < 4.78 is 10.2. The van der Waals surface area contributed by atoms with Crippen molar-refractivity contribution >= 4 is 12.1 Å². The predicted octanol–water partition coefficient (Wildman–Crippen LogP) is 3.76. The first-order chi connectivity index (χ1) is 15.4. The summed E-state index contributed by atoms with van der Waals surface area (Å²) in [4.78, 5) is 28.6. The van der Waals surface area contributed by atoms with Gasteiger partial charge in [0.05, 0.1) is 26.3 Å². The minimum absolute atomic E-state index is 0.295. The molecule has 1 aliphatic carbocycles. The van der Waals surface area contributed by atoms with Crippen molar-refractivity contribution in [2.75, 3.05) is 33.4 Å². The minimum atomic E-state index is -0.579. The topological polar surface area (TPSA) is 82.9 Å². The van der Waals surface area contributed by atoms with Crippen molar-refractivity contribution in [1.29, 1.82) is 5.26 Å². The number of carbonyl (C=O) groups excluding carboxylic acids is 2. The number of fused-ring (bicyclic) bond motifs is 1. The molecule has 1 heterocycles. The van der Waals surface area contributed by atoms with Gasteiger partial charge in [0.15, 0.2) is 0 Å². The van der Waals surface area contributed by atoms with Gasteiger partial charge in [-0.05, 0) is 62.8 Å². The number of hydrogen-bond acceptors (Lipinski definition) is 6. The first-order valence-corrected chi connectivity index (χ1v) is 11.6. The Morgan fingerprint density at radius 2 is 2.06 bits per heavy atom. The number of nitrogens with zero attached hydrogens (tertiary/aromatic N) is 3. The van der Waals surface area contributed by atoms with Gasteiger partial charge in [-0.2, -0.15) is 5.26 Å². The number of nitriles is 1. The van der Waals surface area contributed by atoms with E-state index in [-0.39, 0.29) is 5.97 Å². The second-order valence-corrected chi connectivity index (χ2v) is 9.14. The number of methoxy groups -OCH3 is 1. The van der Waals surface area contributed by atoms with Crippen LogP contribution in [0.5, 0.6) is 0 Å². The van der Waals surface area contributed by atoms with E-state index in [0.717, 1.165) is 32.4 Å². The highest BCUT2D eigenvalue weighted by Crippen LogP contribution is 2.41. The molecule has 0 bridgehead atoms. The summed E-state index contributed by atoms with van der Waals surface area (Å²) in [5.41, 5.74) is 2.45. The molecule has 0 radical (unpaired) electrons. The Hall–Kier alpha value is -2.59. The fourth-order valence-electron chi connectivity index (χ4n) is 5.41. The van der Waals surface area contributed by atoms with Gasteiger partial charge in [0, 0.05) is 19.6 Å². The molecule has 1 saturated carbocycles. The lowest BCUT2D eigenvalue weighted by atomic mass is 9.69. The monoisotopic (exact) mass is 441 g/mol. The maximum atomic E-state index is 12.6. The maximum absolute atomic E-state index is 12.6. The number of benzene rings is 1. The quantitative estimate of drug-likeness (QED) is 0.473. The van der Waals surface area contributed by atoms with Crippen molar-refractivity contribution in [3.05, 3.63) is 35.4 Å². The lowest BCUT2D eigenvalue weighted by molar-refractivity contribution is -0.152. The number of ether oxygens (including phenoxy) is 2. The smallest absolute Gasteiger partial charge is 0.410 e. The van der Waals surface area contributed by atoms with Crippen molar-refractivity contribution < 1.29 is 19.1 Å². The van der Waals surface area contributed by atoms with Crippen LogP contribution in [0.2, 0.25) is 0 Å². The normalized spacial score (nSPS) is 25.0. The van der Waals surface area contributed by atoms with Crippen molar-refractivity contribution in [2.24, 2.45) is 17.8 Å². The molecule has 1 saturated heterocycles. The summed E-state index contributed by atoms with van der Waals surface area (Å²) >= 11 is 0. The number of aryl methyl sites for hydroxylation is 1. The van der Waals surface area contributed by atoms with E-state index in [1.807, 2.05) is 0 Å². The van der Waals surface area contributed by atoms with Gasteiger partial charge in [-0.15, -0.1) is 0 Å². The van der Waals surface area contributed by atoms with Crippen LogP contribution in [0.4, 0.5) is 4.79 Å². The van der Waals surface area contributed by atoms with Crippen molar-refractivity contribution in [3.8, 4) is 6.07 Å². The van der Waals surface area contributed by atoms with E-state index in [1.165, 1.54) is 18.2 Å². The number of piperidine rings is 1. The van der Waals surface area contributed by atoms with Gasteiger partial charge in [0.25, 0.3) is 0 Å². The van der Waals surface area contributed by atoms with Gasteiger partial charge in [-0.1, -0.05) is 29.8 Å². The first-order valence-electron chi connectivity index (χ1n) is 11.6. The largest absolute Gasteiger partial charge is 0.464 e. The average molecular weight is 442 g/mol. The summed E-state index contributed by atoms with van der Waals surface area (Å²) in [7, 11) is 1.35. The molecule has 0 unspecified atom stereocenters. The van der Waals surface area contributed by atoms with E-state index in [9.17, 15) is 14.9 Å². The Kier molecular flexibility index (Phi) is 8.52. The van der Waals surface area contributed by atoms with Crippen molar-refractivity contribution in [2.45, 2.75) is 52.1 Å². The fraction of sp³-hybridized carbons (Fsp3) is 0.640. The summed E-state index contributed by atoms with van der Waals surface area (Å²) in [6.07, 6.45) is 3.25. The van der Waals surface area contributed by atoms with Crippen molar-refractivity contribution in [3.63, 3.8) is 0 Å². The van der Waals surface area contributed by atoms with Crippen molar-refractivity contribution in [1.82, 2.24) is 9.80 Å². The summed E-state index contributed by atoms with van der Waals surface area (Å²) in [5, 5.41) is 9.34. The molecule has 32 heavy (non-hydrogen) atoms. The first kappa shape index (κ1) is 24.1. The van der Waals surface area contributed by atoms with Crippen LogP contribution in [-0.4, -0.2) is 61.3 Å². The number of rotatable bonds is 7. The molecule has 4 atom stereocenters. The average Bonchev–Trinajstić information content (AvgIpc) is 2.78. The van der Waals surface area contributed by atoms with Gasteiger partial charge in [-0.3, -0.25) is 9.80 Å². The van der Waals surface area contributed by atoms with E-state index in [0.29, 0.717) is 43.9 Å². The molecule has 0 N–H and O–H groups in total. The summed E-state index contributed by atoms with van der Waals surface area (Å²) in [6, 6.07) is 10.2. The third kappa shape index (κ3) is 6.01. The third-order valence-corrected chi connectivity index (χ3v) is 6.85. The number of hydrogen-bond donors (Lipinski definition) is 0. The molecule has 7 nitrogen and oxygen atoms in total. The SMILES string of the molecule is CCOC(=O)[C@@H]1C[C@H]2C[C@@H](CN(CC#N)Cc3cccc(C)c3)CC[C@H]2CN1C(=O)OC. The van der Waals surface area contributed by atoms with Gasteiger partial charge < -0.3 is 9.47 Å². The van der Waals surface area contributed by atoms with E-state index in [2.05, 4.69) is 42.2 Å². The van der Waals surface area contributed by atoms with Crippen LogP contribution < -0.4 is 0 Å². The fourth-order valence-corrected chi connectivity index (χ4v) is 5.41. The zero-order chi connectivity index (χ0) is 23.1. The van der Waals surface area contributed by atoms with Gasteiger partial charge in [0.2, 0.25) is 0 Å². The molecule has 0 aromatic heterocycles. The number of esters is 1. The number of amides is 1. The third-order valence-electron chi connectivity index (χ3n) is 6.85. The molecule has 174 valence electrons. The lowest BCUT2D eigenvalue weighted by Crippen LogP contribution is -2.55. The van der Waals surface area contributed by atoms with Gasteiger partial charge in [0.1, 0.15) is 6.04 Å². The molecule has 1 aromatic rings. The van der Waals surface area contributed by atoms with Crippen LogP contribution in [0.1, 0.15) is 43.7 Å². The molecule has 1 amide bonds. The lowest BCUT2D eigenvalue weighted by Gasteiger charge is -2.46. The molecule has 1 aliphatic heterocycles. The minimum Gasteiger partial charge on any atom is -0.464 e. The molecule has 0 spiro atoms. The molecule has 7 heteroatoms. The van der Waals surface area contributed by atoms with Gasteiger partial charge >= 0.3 is 12.1 Å². The zero-order valence-electron chi connectivity index (χ0n) is 19.5. The Morgan fingerprint density at radius 3 is 2.75 bits per heavy atom. The van der Waals surface area contributed by atoms with Crippen LogP contribution in [0, 0.1) is 36.0 Å². The number of likely N-dealkylation sites (tertiary alicyclic amines) is 1. The molecule has 2 aliphatic rings. The van der Waals surface area contributed by atoms with E-state index >= 15 is 0 Å². The van der Waals surface area contributed by atoms with E-state index in [1.54, 1.807) is 11.8 Å². The second-order valence-electron chi connectivity index (χ2n) is 9.14. The summed E-state index contributed by atoms with van der Waals surface area (Å²) in [6.45, 7) is 6.74. The highest BCUT2D eigenvalue weighted by molar-refractivity contribution is 5.81. The highest BCUT2D eigenvalue weighted by atomic mass is 16.6. The maximum Gasteiger partial charge on any atom is 0.410 e. The Balaban J connectivity index is 1.65. The standard InChI is InChI=1S/C25H35N3O4/c1-4-32-24(29)23-14-22-13-20(8-9-21(22)17-28(23)25(30)31-3)16-27(11-10-26)15-19-7-5-6-18(2)12-19/h5-7,12,20-23H,4,8-9,11,13-17H2,1-3H3/t20-,21-,22+,23-/m0/s1. The second kappa shape index (κ2) is 11.3. The highest BCUT2D eigenvalue weighted by Gasteiger charge is 2.44. The van der Waals surface area contributed by atoms with Crippen LogP contribution in [-0.2, 0) is 20.8 Å². The zero-order valence-corrected chi connectivity index (χ0v) is 19.5. The molecular formula is C25H35N3O4. The Bertz CT molecular complexity index is 837. The predicted molar refractivity (Wildman–Crippen MR) is 121 cm³/mol. The van der Waals surface area contributed by atoms with Crippen LogP contribution in [0.3, 0.4) is 0 Å². The van der Waals surface area contributed by atoms with E-state index in [4.69, 9.17) is 9.47 Å². The van der Waals surface area contributed by atoms with Crippen LogP contribution >= 0.6 is 0 Å². The van der Waals surface area contributed by atoms with Gasteiger partial charge in [-0.25, -0.2) is 9.59 Å². The molecule has 1 aromatic carbocycles. The molecular weight excluding hydrogens is 406 g/mol. The number of carbonyl (C=O) groups is 2. The molecule has 2 fully saturated rings. The summed E-state index contributed by atoms with van der Waals surface area (Å²) in [5.74, 6) is 0.871. The Labute approximate surface area is 191 Å². The van der Waals surface area contributed by atoms with Crippen LogP contribution in [0.25, 0.3) is 0 Å². The Morgan fingerprint density at radius 1 is 1.25 bits per heavy atom. The molecule has 3 rings (SSSR count). The van der Waals surface area contributed by atoms with Crippen LogP contribution in [0.15, 0.2) is 24.3 Å².